The van der Waals surface area contributed by atoms with Crippen LogP contribution in [-0.4, -0.2) is 29.3 Å². The molecule has 0 saturated heterocycles. The van der Waals surface area contributed by atoms with E-state index in [1.807, 2.05) is 31.0 Å². The summed E-state index contributed by atoms with van der Waals surface area (Å²) < 4.78 is 1.89. The molecule has 2 N–H and O–H groups in total. The van der Waals surface area contributed by atoms with Gasteiger partial charge in [-0.15, -0.1) is 24.0 Å². The van der Waals surface area contributed by atoms with Crippen molar-refractivity contribution in [1.29, 1.82) is 0 Å². The predicted octanol–water partition coefficient (Wildman–Crippen LogP) is 3.91. The Hall–Kier alpha value is -1.57. The van der Waals surface area contributed by atoms with Crippen molar-refractivity contribution in [2.24, 2.45) is 12.0 Å². The van der Waals surface area contributed by atoms with Crippen LogP contribution in [0.3, 0.4) is 0 Å². The van der Waals surface area contributed by atoms with E-state index in [0.717, 1.165) is 18.2 Å². The van der Waals surface area contributed by atoms with E-state index < -0.39 is 0 Å². The number of nitrogens with one attached hydrogen (secondary N) is 2. The Morgan fingerprint density at radius 3 is 2.52 bits per heavy atom. The second kappa shape index (κ2) is 10.1. The highest BCUT2D eigenvalue weighted by Crippen LogP contribution is 2.40. The van der Waals surface area contributed by atoms with Crippen molar-refractivity contribution in [3.63, 3.8) is 0 Å². The van der Waals surface area contributed by atoms with Crippen LogP contribution in [0.25, 0.3) is 0 Å². The summed E-state index contributed by atoms with van der Waals surface area (Å²) in [6.45, 7) is 3.87. The molecule has 0 atom stereocenters. The van der Waals surface area contributed by atoms with Gasteiger partial charge < -0.3 is 10.6 Å². The molecule has 1 saturated carbocycles. The van der Waals surface area contributed by atoms with Crippen molar-refractivity contribution in [1.82, 2.24) is 20.4 Å². The van der Waals surface area contributed by atoms with Gasteiger partial charge in [0.25, 0.3) is 0 Å². The Labute approximate surface area is 180 Å². The molecular weight excluding hydrogens is 449 g/mol. The molecule has 0 unspecified atom stereocenters. The lowest BCUT2D eigenvalue weighted by molar-refractivity contribution is 0.290. The maximum Gasteiger partial charge on any atom is 0.191 e. The average molecular weight is 481 g/mol. The first-order valence-corrected chi connectivity index (χ1v) is 9.62. The average Bonchev–Trinajstić information content (AvgIpc) is 3.08. The summed E-state index contributed by atoms with van der Waals surface area (Å²) in [6.07, 6.45) is 8.25. The molecule has 0 aliphatic heterocycles. The molecule has 1 aliphatic carbocycles. The first kappa shape index (κ1) is 21.7. The van der Waals surface area contributed by atoms with Gasteiger partial charge in [-0.2, -0.15) is 5.10 Å². The number of hydrogen-bond acceptors (Lipinski definition) is 2. The molecule has 0 amide bonds. The van der Waals surface area contributed by atoms with Crippen LogP contribution in [0, 0.1) is 6.92 Å². The van der Waals surface area contributed by atoms with E-state index in [2.05, 4.69) is 51.9 Å². The van der Waals surface area contributed by atoms with Gasteiger partial charge in [0.2, 0.25) is 0 Å². The summed E-state index contributed by atoms with van der Waals surface area (Å²) in [7, 11) is 3.79. The van der Waals surface area contributed by atoms with Gasteiger partial charge in [0.05, 0.1) is 12.2 Å². The molecule has 2 aromatic rings. The van der Waals surface area contributed by atoms with E-state index in [0.29, 0.717) is 6.54 Å². The third-order valence-corrected chi connectivity index (χ3v) is 5.70. The topological polar surface area (TPSA) is 54.2 Å². The number of benzene rings is 1. The van der Waals surface area contributed by atoms with Crippen LogP contribution in [0.1, 0.15) is 48.9 Å². The van der Waals surface area contributed by atoms with E-state index >= 15 is 0 Å². The number of aromatic nitrogens is 2. The minimum Gasteiger partial charge on any atom is -0.356 e. The van der Waals surface area contributed by atoms with Crippen molar-refractivity contribution in [3.8, 4) is 0 Å². The molecule has 0 radical (unpaired) electrons. The van der Waals surface area contributed by atoms with E-state index in [9.17, 15) is 0 Å². The molecular formula is C21H32IN5. The molecule has 0 spiro atoms. The zero-order valence-electron chi connectivity index (χ0n) is 16.7. The number of aliphatic imine (C=N–C) groups is 1. The van der Waals surface area contributed by atoms with Gasteiger partial charge in [-0.25, -0.2) is 0 Å². The van der Waals surface area contributed by atoms with Gasteiger partial charge >= 0.3 is 0 Å². The highest BCUT2D eigenvalue weighted by molar-refractivity contribution is 14.0. The summed E-state index contributed by atoms with van der Waals surface area (Å²) in [5.41, 5.74) is 4.23. The number of hydrogen-bond donors (Lipinski definition) is 2. The van der Waals surface area contributed by atoms with E-state index in [-0.39, 0.29) is 29.4 Å². The molecule has 0 bridgehead atoms. The lowest BCUT2D eigenvalue weighted by atomic mass is 9.68. The predicted molar refractivity (Wildman–Crippen MR) is 123 cm³/mol. The van der Waals surface area contributed by atoms with E-state index in [1.165, 1.54) is 43.2 Å². The SMILES string of the molecule is CN=C(NCc1ccnn1C)NCC1(c2ccccc2C)CCCCC1.I. The number of guanidine groups is 1. The Balaban J connectivity index is 0.00000261. The van der Waals surface area contributed by atoms with Gasteiger partial charge in [-0.3, -0.25) is 9.67 Å². The monoisotopic (exact) mass is 481 g/mol. The van der Waals surface area contributed by atoms with Crippen molar-refractivity contribution >= 4 is 29.9 Å². The summed E-state index contributed by atoms with van der Waals surface area (Å²) in [6, 6.07) is 10.9. The molecule has 1 aromatic heterocycles. The van der Waals surface area contributed by atoms with Crippen LogP contribution in [0.2, 0.25) is 0 Å². The molecule has 5 nitrogen and oxygen atoms in total. The third-order valence-electron chi connectivity index (χ3n) is 5.70. The molecule has 1 fully saturated rings. The molecule has 27 heavy (non-hydrogen) atoms. The van der Waals surface area contributed by atoms with Crippen LogP contribution in [0.4, 0.5) is 0 Å². The third kappa shape index (κ3) is 5.24. The maximum absolute atomic E-state index is 4.41. The zero-order valence-corrected chi connectivity index (χ0v) is 19.0. The Bertz CT molecular complexity index is 747. The maximum atomic E-state index is 4.41. The molecule has 3 rings (SSSR count). The highest BCUT2D eigenvalue weighted by atomic mass is 127. The number of halogens is 1. The fourth-order valence-corrected chi connectivity index (χ4v) is 4.16. The zero-order chi connectivity index (χ0) is 18.4. The van der Waals surface area contributed by atoms with Gasteiger partial charge in [0, 0.05) is 32.3 Å². The van der Waals surface area contributed by atoms with Crippen molar-refractivity contribution < 1.29 is 0 Å². The second-order valence-corrected chi connectivity index (χ2v) is 7.38. The molecule has 1 heterocycles. The van der Waals surface area contributed by atoms with Crippen molar-refractivity contribution in [2.45, 2.75) is 51.0 Å². The van der Waals surface area contributed by atoms with Gasteiger partial charge in [-0.1, -0.05) is 43.5 Å². The first-order valence-electron chi connectivity index (χ1n) is 9.62. The minimum absolute atomic E-state index is 0. The van der Waals surface area contributed by atoms with Crippen LogP contribution in [0.5, 0.6) is 0 Å². The largest absolute Gasteiger partial charge is 0.356 e. The number of rotatable bonds is 5. The van der Waals surface area contributed by atoms with Gasteiger partial charge in [-0.05, 0) is 37.0 Å². The number of nitrogens with zero attached hydrogens (tertiary/aromatic N) is 3. The standard InChI is InChI=1S/C21H31N5.HI/c1-17-9-5-6-10-19(17)21(12-7-4-8-13-21)16-24-20(22-2)23-15-18-11-14-25-26(18)3;/h5-6,9-11,14H,4,7-8,12-13,15-16H2,1-3H3,(H2,22,23,24);1H. The van der Waals surface area contributed by atoms with Crippen molar-refractivity contribution in [3.05, 3.63) is 53.3 Å². The summed E-state index contributed by atoms with van der Waals surface area (Å²) in [5, 5.41) is 11.2. The summed E-state index contributed by atoms with van der Waals surface area (Å²) in [5.74, 6) is 0.852. The molecule has 1 aromatic carbocycles. The fourth-order valence-electron chi connectivity index (χ4n) is 4.16. The molecule has 1 aliphatic rings. The first-order chi connectivity index (χ1) is 12.6. The number of aryl methyl sites for hydroxylation is 2. The van der Waals surface area contributed by atoms with Gasteiger partial charge in [0.15, 0.2) is 5.96 Å². The van der Waals surface area contributed by atoms with Crippen molar-refractivity contribution in [2.75, 3.05) is 13.6 Å². The highest BCUT2D eigenvalue weighted by Gasteiger charge is 2.34. The smallest absolute Gasteiger partial charge is 0.191 e. The second-order valence-electron chi connectivity index (χ2n) is 7.38. The van der Waals surface area contributed by atoms with Crippen LogP contribution >= 0.6 is 24.0 Å². The molecule has 6 heteroatoms. The summed E-state index contributed by atoms with van der Waals surface area (Å²) in [4.78, 5) is 4.41. The lowest BCUT2D eigenvalue weighted by Crippen LogP contribution is -2.46. The Kier molecular flexibility index (Phi) is 8.13. The normalized spacial score (nSPS) is 16.5. The molecule has 148 valence electrons. The Morgan fingerprint density at radius 1 is 1.15 bits per heavy atom. The van der Waals surface area contributed by atoms with Gasteiger partial charge in [0.1, 0.15) is 0 Å². The van der Waals surface area contributed by atoms with E-state index in [1.54, 1.807) is 0 Å². The van der Waals surface area contributed by atoms with E-state index in [4.69, 9.17) is 0 Å². The fraction of sp³-hybridized carbons (Fsp3) is 0.524. The van der Waals surface area contributed by atoms with Crippen LogP contribution in [0.15, 0.2) is 41.5 Å². The Morgan fingerprint density at radius 2 is 1.89 bits per heavy atom. The summed E-state index contributed by atoms with van der Waals surface area (Å²) >= 11 is 0. The minimum atomic E-state index is 0. The van der Waals surface area contributed by atoms with Crippen LogP contribution < -0.4 is 10.6 Å². The lowest BCUT2D eigenvalue weighted by Gasteiger charge is -2.39. The quantitative estimate of drug-likeness (QED) is 0.387. The van der Waals surface area contributed by atoms with Crippen LogP contribution in [-0.2, 0) is 19.0 Å².